The molecule has 3 heterocycles. The van der Waals surface area contributed by atoms with Gasteiger partial charge in [-0.25, -0.2) is 14.5 Å². The molecule has 3 aromatic heterocycles. The van der Waals surface area contributed by atoms with Crippen molar-refractivity contribution in [2.45, 2.75) is 38.3 Å². The number of fused-ring (bicyclic) bond motifs is 1. The maximum Gasteiger partial charge on any atom is 0.227 e. The number of benzene rings is 2. The molecule has 8 nitrogen and oxygen atoms in total. The molecule has 3 N–H and O–H groups in total. The van der Waals surface area contributed by atoms with E-state index in [9.17, 15) is 5.11 Å². The summed E-state index contributed by atoms with van der Waals surface area (Å²) in [6.45, 7) is -0.0265. The largest absolute Gasteiger partial charge is 0.497 e. The summed E-state index contributed by atoms with van der Waals surface area (Å²) in [6.07, 6.45) is 6.62. The maximum atomic E-state index is 9.50. The van der Waals surface area contributed by atoms with E-state index in [1.165, 1.54) is 25.7 Å². The lowest BCUT2D eigenvalue weighted by Gasteiger charge is -2.14. The van der Waals surface area contributed by atoms with Gasteiger partial charge in [-0.05, 0) is 73.0 Å². The highest BCUT2D eigenvalue weighted by atomic mass is 16.5. The van der Waals surface area contributed by atoms with E-state index in [2.05, 4.69) is 33.8 Å². The number of ether oxygens (including phenoxy) is 1. The van der Waals surface area contributed by atoms with Crippen LogP contribution in [0.4, 0.5) is 17.5 Å². The molecule has 0 atom stereocenters. The van der Waals surface area contributed by atoms with E-state index in [1.54, 1.807) is 13.3 Å². The van der Waals surface area contributed by atoms with Crippen LogP contribution in [0.15, 0.2) is 79.0 Å². The third-order valence-electron chi connectivity index (χ3n) is 7.01. The lowest BCUT2D eigenvalue weighted by atomic mass is 10.0. The zero-order valence-electron chi connectivity index (χ0n) is 21.3. The van der Waals surface area contributed by atoms with Crippen molar-refractivity contribution in [3.05, 3.63) is 84.6 Å². The van der Waals surface area contributed by atoms with E-state index in [-0.39, 0.29) is 6.61 Å². The molecule has 0 bridgehead atoms. The van der Waals surface area contributed by atoms with Gasteiger partial charge >= 0.3 is 0 Å². The molecule has 0 spiro atoms. The predicted molar refractivity (Wildman–Crippen MR) is 150 cm³/mol. The lowest BCUT2D eigenvalue weighted by Crippen LogP contribution is -2.16. The summed E-state index contributed by atoms with van der Waals surface area (Å²) in [7, 11) is 1.66. The van der Waals surface area contributed by atoms with Crippen molar-refractivity contribution in [1.29, 1.82) is 0 Å². The van der Waals surface area contributed by atoms with Crippen molar-refractivity contribution in [1.82, 2.24) is 19.6 Å². The Hall–Kier alpha value is -4.43. The van der Waals surface area contributed by atoms with Gasteiger partial charge in [-0.2, -0.15) is 5.10 Å². The van der Waals surface area contributed by atoms with Crippen LogP contribution in [0.2, 0.25) is 0 Å². The SMILES string of the molecule is COc1ccc(-c2nn3c(NC4CCCC4)cccc3c2-c2ccnc(Nc3cccc(CO)c3)n2)cc1. The topological polar surface area (TPSA) is 96.6 Å². The quantitative estimate of drug-likeness (QED) is 0.235. The average Bonchev–Trinajstić information content (AvgIpc) is 3.62. The highest BCUT2D eigenvalue weighted by Crippen LogP contribution is 2.37. The van der Waals surface area contributed by atoms with E-state index >= 15 is 0 Å². The number of nitrogens with one attached hydrogen (secondary N) is 2. The van der Waals surface area contributed by atoms with Crippen molar-refractivity contribution in [3.8, 4) is 28.3 Å². The molecule has 192 valence electrons. The normalized spacial score (nSPS) is 13.6. The van der Waals surface area contributed by atoms with Crippen LogP contribution in [0.25, 0.3) is 28.0 Å². The Morgan fingerprint density at radius 2 is 1.82 bits per heavy atom. The molecule has 1 aliphatic carbocycles. The number of aliphatic hydroxyl groups excluding tert-OH is 1. The monoisotopic (exact) mass is 506 g/mol. The molecule has 0 radical (unpaired) electrons. The molecule has 0 saturated heterocycles. The molecule has 0 amide bonds. The molecule has 8 heteroatoms. The Labute approximate surface area is 221 Å². The van der Waals surface area contributed by atoms with Gasteiger partial charge in [0.2, 0.25) is 5.95 Å². The van der Waals surface area contributed by atoms with Crippen LogP contribution in [0.3, 0.4) is 0 Å². The number of aliphatic hydroxyl groups is 1. The summed E-state index contributed by atoms with van der Waals surface area (Å²) in [5.41, 5.74) is 6.09. The van der Waals surface area contributed by atoms with Gasteiger partial charge in [-0.15, -0.1) is 0 Å². The van der Waals surface area contributed by atoms with Crippen LogP contribution in [0, 0.1) is 0 Å². The van der Waals surface area contributed by atoms with E-state index in [0.29, 0.717) is 12.0 Å². The third kappa shape index (κ3) is 4.78. The number of nitrogens with zero attached hydrogens (tertiary/aromatic N) is 4. The molecule has 2 aromatic carbocycles. The van der Waals surface area contributed by atoms with Gasteiger partial charge < -0.3 is 20.5 Å². The van der Waals surface area contributed by atoms with Gasteiger partial charge in [-0.1, -0.05) is 31.0 Å². The van der Waals surface area contributed by atoms with Gasteiger partial charge in [0.25, 0.3) is 0 Å². The van der Waals surface area contributed by atoms with E-state index in [4.69, 9.17) is 14.8 Å². The molecule has 0 unspecified atom stereocenters. The van der Waals surface area contributed by atoms with Crippen molar-refractivity contribution >= 4 is 23.0 Å². The Kier molecular flexibility index (Phi) is 6.62. The fourth-order valence-electron chi connectivity index (χ4n) is 5.10. The van der Waals surface area contributed by atoms with Gasteiger partial charge in [-0.3, -0.25) is 0 Å². The zero-order valence-corrected chi connectivity index (χ0v) is 21.3. The Bertz CT molecular complexity index is 1560. The minimum absolute atomic E-state index is 0.0265. The van der Waals surface area contributed by atoms with Crippen molar-refractivity contribution in [2.75, 3.05) is 17.7 Å². The van der Waals surface area contributed by atoms with Crippen LogP contribution < -0.4 is 15.4 Å². The first-order chi connectivity index (χ1) is 18.7. The second kappa shape index (κ2) is 10.5. The molecule has 1 saturated carbocycles. The van der Waals surface area contributed by atoms with Crippen LogP contribution >= 0.6 is 0 Å². The fraction of sp³-hybridized carbons (Fsp3) is 0.233. The number of methoxy groups -OCH3 is 1. The zero-order chi connectivity index (χ0) is 25.9. The first-order valence-electron chi connectivity index (χ1n) is 12.9. The summed E-state index contributed by atoms with van der Waals surface area (Å²) < 4.78 is 7.37. The third-order valence-corrected chi connectivity index (χ3v) is 7.01. The van der Waals surface area contributed by atoms with Crippen LogP contribution in [-0.2, 0) is 6.61 Å². The summed E-state index contributed by atoms with van der Waals surface area (Å²) in [6, 6.07) is 24.1. The van der Waals surface area contributed by atoms with E-state index in [0.717, 1.165) is 50.8 Å². The molecule has 5 aromatic rings. The molecule has 1 aliphatic rings. The van der Waals surface area contributed by atoms with Crippen LogP contribution in [0.5, 0.6) is 5.75 Å². The fourth-order valence-corrected chi connectivity index (χ4v) is 5.10. The highest BCUT2D eigenvalue weighted by Gasteiger charge is 2.21. The Morgan fingerprint density at radius 3 is 2.61 bits per heavy atom. The van der Waals surface area contributed by atoms with Gasteiger partial charge in [0.05, 0.1) is 30.5 Å². The Morgan fingerprint density at radius 1 is 1.00 bits per heavy atom. The number of pyridine rings is 1. The minimum atomic E-state index is -0.0265. The second-order valence-electron chi connectivity index (χ2n) is 9.53. The molecular formula is C30H30N6O2. The highest BCUT2D eigenvalue weighted by molar-refractivity contribution is 5.91. The Balaban J connectivity index is 1.46. The summed E-state index contributed by atoms with van der Waals surface area (Å²) in [4.78, 5) is 9.34. The number of hydrogen-bond acceptors (Lipinski definition) is 7. The smallest absolute Gasteiger partial charge is 0.227 e. The van der Waals surface area contributed by atoms with Crippen molar-refractivity contribution < 1.29 is 9.84 Å². The number of hydrogen-bond donors (Lipinski definition) is 3. The summed E-state index contributed by atoms with van der Waals surface area (Å²) in [5, 5.41) is 21.6. The van der Waals surface area contributed by atoms with Gasteiger partial charge in [0.1, 0.15) is 17.3 Å². The minimum Gasteiger partial charge on any atom is -0.497 e. The second-order valence-corrected chi connectivity index (χ2v) is 9.53. The van der Waals surface area contributed by atoms with E-state index < -0.39 is 0 Å². The number of anilines is 3. The standard InChI is InChI=1S/C30H30N6O2/c1-38-24-14-12-21(13-15-24)29-28(26-10-5-11-27(36(26)35-29)32-22-7-2-3-8-22)25-16-17-31-30(34-25)33-23-9-4-6-20(18-23)19-37/h4-6,9-18,22,32,37H,2-3,7-8,19H2,1H3,(H,31,33,34). The van der Waals surface area contributed by atoms with Crippen molar-refractivity contribution in [2.24, 2.45) is 0 Å². The molecule has 38 heavy (non-hydrogen) atoms. The number of rotatable bonds is 8. The van der Waals surface area contributed by atoms with Crippen LogP contribution in [-0.4, -0.2) is 37.8 Å². The predicted octanol–water partition coefficient (Wildman–Crippen LogP) is 6.06. The summed E-state index contributed by atoms with van der Waals surface area (Å²) in [5.74, 6) is 2.24. The first-order valence-corrected chi connectivity index (χ1v) is 12.9. The number of aromatic nitrogens is 4. The van der Waals surface area contributed by atoms with Crippen molar-refractivity contribution in [3.63, 3.8) is 0 Å². The summed E-state index contributed by atoms with van der Waals surface area (Å²) >= 11 is 0. The molecular weight excluding hydrogens is 476 g/mol. The van der Waals surface area contributed by atoms with Crippen LogP contribution in [0.1, 0.15) is 31.2 Å². The first kappa shape index (κ1) is 23.9. The molecule has 6 rings (SSSR count). The van der Waals surface area contributed by atoms with Gasteiger partial charge in [0, 0.05) is 23.5 Å². The maximum absolute atomic E-state index is 9.50. The van der Waals surface area contributed by atoms with E-state index in [1.807, 2.05) is 59.1 Å². The lowest BCUT2D eigenvalue weighted by molar-refractivity contribution is 0.282. The molecule has 0 aliphatic heterocycles. The molecule has 1 fully saturated rings. The van der Waals surface area contributed by atoms with Gasteiger partial charge in [0.15, 0.2) is 0 Å². The average molecular weight is 507 g/mol.